The molecule has 3 nitrogen and oxygen atoms in total. The molecule has 0 bridgehead atoms. The first kappa shape index (κ1) is 10.6. The van der Waals surface area contributed by atoms with E-state index in [0.717, 1.165) is 0 Å². The molecule has 1 unspecified atom stereocenters. The molecule has 1 aromatic carbocycles. The zero-order valence-corrected chi connectivity index (χ0v) is 8.36. The molecule has 0 saturated heterocycles. The fourth-order valence-corrected chi connectivity index (χ4v) is 1.19. The summed E-state index contributed by atoms with van der Waals surface area (Å²) in [6.07, 6.45) is 0.737. The van der Waals surface area contributed by atoms with E-state index in [-0.39, 0.29) is 0 Å². The van der Waals surface area contributed by atoms with Gasteiger partial charge in [-0.1, -0.05) is 6.08 Å². The number of ether oxygens (including phenoxy) is 2. The van der Waals surface area contributed by atoms with Gasteiger partial charge in [0.1, 0.15) is 17.6 Å². The molecule has 0 saturated carbocycles. The van der Waals surface area contributed by atoms with Crippen molar-refractivity contribution in [1.29, 1.82) is 0 Å². The van der Waals surface area contributed by atoms with Crippen LogP contribution >= 0.6 is 0 Å². The summed E-state index contributed by atoms with van der Waals surface area (Å²) in [5.74, 6) is 1.29. The third kappa shape index (κ3) is 2.06. The van der Waals surface area contributed by atoms with Gasteiger partial charge in [-0.3, -0.25) is 0 Å². The van der Waals surface area contributed by atoms with Crippen LogP contribution in [0.25, 0.3) is 0 Å². The monoisotopic (exact) mass is 194 g/mol. The fraction of sp³-hybridized carbons (Fsp3) is 0.273. The van der Waals surface area contributed by atoms with E-state index in [1.807, 2.05) is 0 Å². The molecule has 14 heavy (non-hydrogen) atoms. The summed E-state index contributed by atoms with van der Waals surface area (Å²) in [6.45, 7) is 3.52. The largest absolute Gasteiger partial charge is 0.497 e. The van der Waals surface area contributed by atoms with E-state index in [1.165, 1.54) is 6.08 Å². The van der Waals surface area contributed by atoms with Gasteiger partial charge in [-0.15, -0.1) is 6.58 Å². The lowest BCUT2D eigenvalue weighted by Gasteiger charge is -2.12. The van der Waals surface area contributed by atoms with E-state index in [9.17, 15) is 5.11 Å². The summed E-state index contributed by atoms with van der Waals surface area (Å²) in [6, 6.07) is 5.25. The lowest BCUT2D eigenvalue weighted by Crippen LogP contribution is -1.97. The molecule has 1 rings (SSSR count). The summed E-state index contributed by atoms with van der Waals surface area (Å²) in [5, 5.41) is 9.57. The van der Waals surface area contributed by atoms with Gasteiger partial charge in [0.2, 0.25) is 0 Å². The Morgan fingerprint density at radius 3 is 2.57 bits per heavy atom. The third-order valence-corrected chi connectivity index (χ3v) is 1.98. The highest BCUT2D eigenvalue weighted by Gasteiger charge is 2.10. The van der Waals surface area contributed by atoms with Crippen molar-refractivity contribution in [2.24, 2.45) is 0 Å². The van der Waals surface area contributed by atoms with Gasteiger partial charge in [-0.05, 0) is 12.1 Å². The fourth-order valence-electron chi connectivity index (χ4n) is 1.19. The molecule has 3 heteroatoms. The second-order valence-corrected chi connectivity index (χ2v) is 2.79. The van der Waals surface area contributed by atoms with Crippen molar-refractivity contribution in [2.45, 2.75) is 6.10 Å². The second-order valence-electron chi connectivity index (χ2n) is 2.79. The normalized spacial score (nSPS) is 11.9. The smallest absolute Gasteiger partial charge is 0.128 e. The molecule has 76 valence electrons. The predicted octanol–water partition coefficient (Wildman–Crippen LogP) is 1.92. The number of aliphatic hydroxyl groups excluding tert-OH is 1. The maximum absolute atomic E-state index is 9.57. The highest BCUT2D eigenvalue weighted by Crippen LogP contribution is 2.29. The first-order valence-electron chi connectivity index (χ1n) is 4.25. The first-order valence-corrected chi connectivity index (χ1v) is 4.25. The van der Waals surface area contributed by atoms with Crippen LogP contribution in [0.4, 0.5) is 0 Å². The van der Waals surface area contributed by atoms with E-state index in [4.69, 9.17) is 9.47 Å². The molecule has 0 aliphatic carbocycles. The summed E-state index contributed by atoms with van der Waals surface area (Å²) in [5.41, 5.74) is 0.684. The molecule has 0 aliphatic rings. The molecule has 0 aliphatic heterocycles. The van der Waals surface area contributed by atoms with Crippen LogP contribution in [-0.4, -0.2) is 19.3 Å². The van der Waals surface area contributed by atoms with Gasteiger partial charge in [0.15, 0.2) is 0 Å². The Hall–Kier alpha value is -1.48. The molecule has 0 heterocycles. The number of benzene rings is 1. The van der Waals surface area contributed by atoms with Crippen molar-refractivity contribution in [3.63, 3.8) is 0 Å². The van der Waals surface area contributed by atoms with Gasteiger partial charge in [0, 0.05) is 11.6 Å². The van der Waals surface area contributed by atoms with Gasteiger partial charge >= 0.3 is 0 Å². The van der Waals surface area contributed by atoms with E-state index < -0.39 is 6.10 Å². The lowest BCUT2D eigenvalue weighted by atomic mass is 10.1. The minimum Gasteiger partial charge on any atom is -0.497 e. The van der Waals surface area contributed by atoms with E-state index in [2.05, 4.69) is 6.58 Å². The molecular weight excluding hydrogens is 180 g/mol. The van der Waals surface area contributed by atoms with Crippen molar-refractivity contribution in [1.82, 2.24) is 0 Å². The molecule has 1 atom stereocenters. The Kier molecular flexibility index (Phi) is 3.54. The van der Waals surface area contributed by atoms with Crippen molar-refractivity contribution >= 4 is 0 Å². The SMILES string of the molecule is C=CC(O)c1ccc(OC)cc1OC. The van der Waals surface area contributed by atoms with E-state index >= 15 is 0 Å². The van der Waals surface area contributed by atoms with Crippen LogP contribution in [0.3, 0.4) is 0 Å². The van der Waals surface area contributed by atoms with Crippen LogP contribution in [0.15, 0.2) is 30.9 Å². The summed E-state index contributed by atoms with van der Waals surface area (Å²) in [7, 11) is 3.13. The number of methoxy groups -OCH3 is 2. The number of aliphatic hydroxyl groups is 1. The molecule has 0 spiro atoms. The quantitative estimate of drug-likeness (QED) is 0.744. The standard InChI is InChI=1S/C11H14O3/c1-4-10(12)9-6-5-8(13-2)7-11(9)14-3/h4-7,10,12H,1H2,2-3H3. The Morgan fingerprint density at radius 1 is 1.36 bits per heavy atom. The van der Waals surface area contributed by atoms with Crippen LogP contribution in [0.2, 0.25) is 0 Å². The average molecular weight is 194 g/mol. The van der Waals surface area contributed by atoms with Gasteiger partial charge < -0.3 is 14.6 Å². The summed E-state index contributed by atoms with van der Waals surface area (Å²) < 4.78 is 10.2. The molecule has 0 aromatic heterocycles. The molecule has 0 radical (unpaired) electrons. The highest BCUT2D eigenvalue weighted by atomic mass is 16.5. The van der Waals surface area contributed by atoms with Crippen LogP contribution in [0, 0.1) is 0 Å². The van der Waals surface area contributed by atoms with Crippen LogP contribution in [0.1, 0.15) is 11.7 Å². The minimum absolute atomic E-state index is 0.594. The number of hydrogen-bond acceptors (Lipinski definition) is 3. The van der Waals surface area contributed by atoms with Crippen molar-refractivity contribution in [3.8, 4) is 11.5 Å². The van der Waals surface area contributed by atoms with Crippen molar-refractivity contribution in [2.75, 3.05) is 14.2 Å². The molecular formula is C11H14O3. The topological polar surface area (TPSA) is 38.7 Å². The van der Waals surface area contributed by atoms with E-state index in [1.54, 1.807) is 32.4 Å². The Morgan fingerprint density at radius 2 is 2.07 bits per heavy atom. The summed E-state index contributed by atoms with van der Waals surface area (Å²) in [4.78, 5) is 0. The minimum atomic E-state index is -0.712. The predicted molar refractivity (Wildman–Crippen MR) is 54.7 cm³/mol. The number of hydrogen-bond donors (Lipinski definition) is 1. The Bertz CT molecular complexity index is 320. The van der Waals surface area contributed by atoms with Crippen LogP contribution in [0.5, 0.6) is 11.5 Å². The van der Waals surface area contributed by atoms with Crippen molar-refractivity contribution < 1.29 is 14.6 Å². The molecule has 1 N–H and O–H groups in total. The molecule has 1 aromatic rings. The van der Waals surface area contributed by atoms with Gasteiger partial charge in [0.25, 0.3) is 0 Å². The third-order valence-electron chi connectivity index (χ3n) is 1.98. The Labute approximate surface area is 83.6 Å². The highest BCUT2D eigenvalue weighted by molar-refractivity contribution is 5.42. The maximum atomic E-state index is 9.57. The first-order chi connectivity index (χ1) is 6.72. The number of rotatable bonds is 4. The Balaban J connectivity index is 3.10. The lowest BCUT2D eigenvalue weighted by molar-refractivity contribution is 0.223. The zero-order chi connectivity index (χ0) is 10.6. The van der Waals surface area contributed by atoms with Gasteiger partial charge in [-0.2, -0.15) is 0 Å². The van der Waals surface area contributed by atoms with Gasteiger partial charge in [0.05, 0.1) is 14.2 Å². The van der Waals surface area contributed by atoms with E-state index in [0.29, 0.717) is 17.1 Å². The molecule has 0 fully saturated rings. The summed E-state index contributed by atoms with van der Waals surface area (Å²) >= 11 is 0. The van der Waals surface area contributed by atoms with Gasteiger partial charge in [-0.25, -0.2) is 0 Å². The average Bonchev–Trinajstić information content (AvgIpc) is 2.27. The van der Waals surface area contributed by atoms with Crippen molar-refractivity contribution in [3.05, 3.63) is 36.4 Å². The zero-order valence-electron chi connectivity index (χ0n) is 8.36. The molecule has 0 amide bonds. The second kappa shape index (κ2) is 4.67. The van der Waals surface area contributed by atoms with Crippen LogP contribution < -0.4 is 9.47 Å². The maximum Gasteiger partial charge on any atom is 0.128 e. The van der Waals surface area contributed by atoms with Crippen LogP contribution in [-0.2, 0) is 0 Å².